The molecule has 0 aromatic heterocycles. The third-order valence-corrected chi connectivity index (χ3v) is 3.98. The molecule has 0 aliphatic carbocycles. The lowest BCUT2D eigenvalue weighted by Gasteiger charge is -2.31. The minimum absolute atomic E-state index is 0.254. The van der Waals surface area contributed by atoms with E-state index >= 15 is 0 Å². The lowest BCUT2D eigenvalue weighted by atomic mass is 9.94. The number of carbonyl (C=O) groups excluding carboxylic acids is 1. The zero-order chi connectivity index (χ0) is 13.7. The number of piperidine rings is 1. The predicted molar refractivity (Wildman–Crippen MR) is 76.5 cm³/mol. The van der Waals surface area contributed by atoms with Crippen LogP contribution in [0.1, 0.15) is 25.3 Å². The van der Waals surface area contributed by atoms with Crippen LogP contribution in [0.5, 0.6) is 5.75 Å². The summed E-state index contributed by atoms with van der Waals surface area (Å²) in [5.41, 5.74) is 1.32. The molecule has 1 aliphatic heterocycles. The maximum absolute atomic E-state index is 11.7. The van der Waals surface area contributed by atoms with Crippen LogP contribution < -0.4 is 4.74 Å². The summed E-state index contributed by atoms with van der Waals surface area (Å²) in [5, 5.41) is 0. The van der Waals surface area contributed by atoms with Crippen LogP contribution in [0.4, 0.5) is 0 Å². The van der Waals surface area contributed by atoms with Gasteiger partial charge >= 0.3 is 0 Å². The summed E-state index contributed by atoms with van der Waals surface area (Å²) in [4.78, 5) is 14.1. The lowest BCUT2D eigenvalue weighted by Crippen LogP contribution is -2.41. The first kappa shape index (κ1) is 14.1. The molecule has 1 aromatic carbocycles. The van der Waals surface area contributed by atoms with E-state index in [0.717, 1.165) is 44.6 Å². The molecular formula is C16H23NO2. The second-order valence-electron chi connectivity index (χ2n) is 5.22. The molecule has 104 valence electrons. The number of ether oxygens (including phenoxy) is 1. The summed E-state index contributed by atoms with van der Waals surface area (Å²) < 4.78 is 5.16. The van der Waals surface area contributed by atoms with Crippen LogP contribution in [0.25, 0.3) is 0 Å². The summed E-state index contributed by atoms with van der Waals surface area (Å²) in [6.45, 7) is 5.00. The summed E-state index contributed by atoms with van der Waals surface area (Å²) in [6.07, 6.45) is 2.73. The first-order valence-electron chi connectivity index (χ1n) is 7.11. The molecule has 1 heterocycles. The Labute approximate surface area is 115 Å². The molecule has 1 saturated heterocycles. The number of likely N-dealkylation sites (tertiary alicyclic amines) is 1. The zero-order valence-corrected chi connectivity index (χ0v) is 11.9. The van der Waals surface area contributed by atoms with E-state index in [9.17, 15) is 4.79 Å². The highest BCUT2D eigenvalue weighted by molar-refractivity contribution is 5.82. The van der Waals surface area contributed by atoms with Gasteiger partial charge in [0, 0.05) is 32.0 Å². The number of ketones is 1. The van der Waals surface area contributed by atoms with E-state index < -0.39 is 0 Å². The van der Waals surface area contributed by atoms with Crippen molar-refractivity contribution in [3.8, 4) is 5.75 Å². The fourth-order valence-electron chi connectivity index (χ4n) is 2.62. The van der Waals surface area contributed by atoms with Gasteiger partial charge in [-0.2, -0.15) is 0 Å². The van der Waals surface area contributed by atoms with Crippen LogP contribution in [0.2, 0.25) is 0 Å². The van der Waals surface area contributed by atoms with Crippen molar-refractivity contribution in [3.05, 3.63) is 29.8 Å². The van der Waals surface area contributed by atoms with Crippen molar-refractivity contribution in [1.82, 2.24) is 4.90 Å². The Morgan fingerprint density at radius 3 is 2.68 bits per heavy atom. The molecule has 19 heavy (non-hydrogen) atoms. The normalized spacial score (nSPS) is 20.5. The molecule has 3 heteroatoms. The van der Waals surface area contributed by atoms with Crippen molar-refractivity contribution >= 4 is 5.78 Å². The Balaban J connectivity index is 1.83. The number of hydrogen-bond acceptors (Lipinski definition) is 3. The number of methoxy groups -OCH3 is 1. The highest BCUT2D eigenvalue weighted by atomic mass is 16.5. The Morgan fingerprint density at radius 1 is 1.32 bits per heavy atom. The maximum atomic E-state index is 11.7. The number of nitrogens with zero attached hydrogens (tertiary/aromatic N) is 1. The Morgan fingerprint density at radius 2 is 2.05 bits per heavy atom. The number of rotatable bonds is 5. The molecule has 1 unspecified atom stereocenters. The van der Waals surface area contributed by atoms with Crippen molar-refractivity contribution in [3.63, 3.8) is 0 Å². The van der Waals surface area contributed by atoms with Gasteiger partial charge in [0.1, 0.15) is 11.5 Å². The molecule has 1 atom stereocenters. The van der Waals surface area contributed by atoms with Crippen LogP contribution in [0, 0.1) is 5.92 Å². The van der Waals surface area contributed by atoms with Crippen molar-refractivity contribution in [2.45, 2.75) is 26.2 Å². The minimum atomic E-state index is 0.254. The van der Waals surface area contributed by atoms with Gasteiger partial charge in [0.05, 0.1) is 7.11 Å². The summed E-state index contributed by atoms with van der Waals surface area (Å²) in [5.74, 6) is 1.60. The van der Waals surface area contributed by atoms with Crippen LogP contribution in [0.3, 0.4) is 0 Å². The van der Waals surface area contributed by atoms with E-state index in [0.29, 0.717) is 5.78 Å². The SMILES string of the molecule is CCC1CN(CCc2ccc(OC)cc2)CCC1=O. The smallest absolute Gasteiger partial charge is 0.138 e. The fraction of sp³-hybridized carbons (Fsp3) is 0.562. The summed E-state index contributed by atoms with van der Waals surface area (Å²) in [6, 6.07) is 8.24. The molecule has 0 N–H and O–H groups in total. The first-order valence-corrected chi connectivity index (χ1v) is 7.11. The highest BCUT2D eigenvalue weighted by Gasteiger charge is 2.25. The van der Waals surface area contributed by atoms with Gasteiger partial charge in [-0.1, -0.05) is 19.1 Å². The zero-order valence-electron chi connectivity index (χ0n) is 11.9. The van der Waals surface area contributed by atoms with Crippen molar-refractivity contribution in [2.24, 2.45) is 5.92 Å². The van der Waals surface area contributed by atoms with Crippen LogP contribution >= 0.6 is 0 Å². The molecule has 1 aromatic rings. The molecule has 0 radical (unpaired) electrons. The van der Waals surface area contributed by atoms with Gasteiger partial charge in [-0.25, -0.2) is 0 Å². The van der Waals surface area contributed by atoms with E-state index in [4.69, 9.17) is 4.74 Å². The molecule has 1 fully saturated rings. The van der Waals surface area contributed by atoms with Crippen LogP contribution in [0.15, 0.2) is 24.3 Å². The third kappa shape index (κ3) is 3.80. The second kappa shape index (κ2) is 6.71. The molecule has 0 spiro atoms. The van der Waals surface area contributed by atoms with Gasteiger partial charge in [0.2, 0.25) is 0 Å². The van der Waals surface area contributed by atoms with Crippen molar-refractivity contribution < 1.29 is 9.53 Å². The number of benzene rings is 1. The molecule has 2 rings (SSSR count). The monoisotopic (exact) mass is 261 g/mol. The molecular weight excluding hydrogens is 238 g/mol. The highest BCUT2D eigenvalue weighted by Crippen LogP contribution is 2.17. The average molecular weight is 261 g/mol. The summed E-state index contributed by atoms with van der Waals surface area (Å²) in [7, 11) is 1.69. The average Bonchev–Trinajstić information content (AvgIpc) is 2.47. The van der Waals surface area contributed by atoms with Gasteiger partial charge in [-0.05, 0) is 30.5 Å². The number of Topliss-reactive ketones (excluding diaryl/α,β-unsaturated/α-hetero) is 1. The van der Waals surface area contributed by atoms with Crippen molar-refractivity contribution in [2.75, 3.05) is 26.7 Å². The molecule has 0 saturated carbocycles. The van der Waals surface area contributed by atoms with Gasteiger partial charge in [0.25, 0.3) is 0 Å². The van der Waals surface area contributed by atoms with E-state index in [1.807, 2.05) is 12.1 Å². The first-order chi connectivity index (χ1) is 9.22. The standard InChI is InChI=1S/C16H23NO2/c1-3-14-12-17(11-9-16(14)18)10-8-13-4-6-15(19-2)7-5-13/h4-7,14H,3,8-12H2,1-2H3. The lowest BCUT2D eigenvalue weighted by molar-refractivity contribution is -0.126. The molecule has 3 nitrogen and oxygen atoms in total. The van der Waals surface area contributed by atoms with Crippen LogP contribution in [-0.2, 0) is 11.2 Å². The summed E-state index contributed by atoms with van der Waals surface area (Å²) >= 11 is 0. The molecule has 0 bridgehead atoms. The van der Waals surface area contributed by atoms with Gasteiger partial charge in [0.15, 0.2) is 0 Å². The van der Waals surface area contributed by atoms with E-state index in [2.05, 4.69) is 24.0 Å². The quantitative estimate of drug-likeness (QED) is 0.816. The van der Waals surface area contributed by atoms with E-state index in [1.165, 1.54) is 5.56 Å². The topological polar surface area (TPSA) is 29.5 Å². The maximum Gasteiger partial charge on any atom is 0.138 e. The minimum Gasteiger partial charge on any atom is -0.497 e. The fourth-order valence-corrected chi connectivity index (χ4v) is 2.62. The second-order valence-corrected chi connectivity index (χ2v) is 5.22. The molecule has 0 amide bonds. The van der Waals surface area contributed by atoms with Gasteiger partial charge in [-0.15, -0.1) is 0 Å². The van der Waals surface area contributed by atoms with Crippen molar-refractivity contribution in [1.29, 1.82) is 0 Å². The van der Waals surface area contributed by atoms with Crippen LogP contribution in [-0.4, -0.2) is 37.4 Å². The molecule has 1 aliphatic rings. The third-order valence-electron chi connectivity index (χ3n) is 3.98. The Bertz CT molecular complexity index is 413. The predicted octanol–water partition coefficient (Wildman–Crippen LogP) is 2.54. The number of carbonyl (C=O) groups is 1. The van der Waals surface area contributed by atoms with E-state index in [-0.39, 0.29) is 5.92 Å². The van der Waals surface area contributed by atoms with E-state index in [1.54, 1.807) is 7.11 Å². The Kier molecular flexibility index (Phi) is 4.97. The van der Waals surface area contributed by atoms with Gasteiger partial charge in [-0.3, -0.25) is 4.79 Å². The Hall–Kier alpha value is -1.35. The van der Waals surface area contributed by atoms with Gasteiger partial charge < -0.3 is 9.64 Å². The largest absolute Gasteiger partial charge is 0.497 e. The number of hydrogen-bond donors (Lipinski definition) is 0.